The smallest absolute Gasteiger partial charge is 0.331 e. The van der Waals surface area contributed by atoms with Crippen LogP contribution in [0.25, 0.3) is 0 Å². The molecular weight excluding hydrogens is 504 g/mol. The zero-order valence-corrected chi connectivity index (χ0v) is 25.3. The fourth-order valence-electron chi connectivity index (χ4n) is 3.76. The first-order valence-electron chi connectivity index (χ1n) is 15.4. The molecule has 0 saturated carbocycles. The highest BCUT2D eigenvalue weighted by Gasteiger charge is 1.99. The second kappa shape index (κ2) is 35.2. The van der Waals surface area contributed by atoms with E-state index in [1.54, 1.807) is 0 Å². The molecule has 0 aliphatic rings. The molecule has 0 aromatic heterocycles. The van der Waals surface area contributed by atoms with Crippen molar-refractivity contribution in [3.05, 3.63) is 0 Å². The molecule has 9 nitrogen and oxygen atoms in total. The molecule has 0 rings (SSSR count). The van der Waals surface area contributed by atoms with Crippen molar-refractivity contribution in [1.82, 2.24) is 0 Å². The lowest BCUT2D eigenvalue weighted by Gasteiger charge is -2.08. The maximum absolute atomic E-state index is 10.8. The molecule has 0 heterocycles. The predicted molar refractivity (Wildman–Crippen MR) is 153 cm³/mol. The molecule has 0 unspecified atom stereocenters. The van der Waals surface area contributed by atoms with Crippen molar-refractivity contribution in [3.8, 4) is 0 Å². The van der Waals surface area contributed by atoms with Gasteiger partial charge in [0, 0.05) is 6.61 Å². The third-order valence-corrected chi connectivity index (χ3v) is 6.07. The van der Waals surface area contributed by atoms with Gasteiger partial charge in [0.15, 0.2) is 0 Å². The van der Waals surface area contributed by atoms with E-state index in [0.29, 0.717) is 79.3 Å². The minimum absolute atomic E-state index is 0.0566. The van der Waals surface area contributed by atoms with Crippen LogP contribution >= 0.6 is 0 Å². The van der Waals surface area contributed by atoms with E-state index in [0.717, 1.165) is 13.0 Å². The van der Waals surface area contributed by atoms with Crippen LogP contribution < -0.4 is 0 Å². The number of hydrogen-bond donors (Lipinski definition) is 0. The summed E-state index contributed by atoms with van der Waals surface area (Å²) in [5.74, 6) is -0.395. The third-order valence-electron chi connectivity index (χ3n) is 6.07. The zero-order chi connectivity index (χ0) is 28.3. The monoisotopic (exact) mass is 564 g/mol. The number of methoxy groups -OCH3 is 1. The number of esters is 1. The zero-order valence-electron chi connectivity index (χ0n) is 25.3. The van der Waals surface area contributed by atoms with Crippen LogP contribution in [-0.2, 0) is 42.7 Å². The first-order valence-corrected chi connectivity index (χ1v) is 15.4. The highest BCUT2D eigenvalue weighted by atomic mass is 16.6. The van der Waals surface area contributed by atoms with Crippen molar-refractivity contribution in [2.45, 2.75) is 90.4 Å². The summed E-state index contributed by atoms with van der Waals surface area (Å²) in [7, 11) is 1.32. The molecule has 0 aromatic rings. The lowest BCUT2D eigenvalue weighted by molar-refractivity contribution is -0.146. The van der Waals surface area contributed by atoms with Crippen LogP contribution in [0.3, 0.4) is 0 Å². The summed E-state index contributed by atoms with van der Waals surface area (Å²) in [6.07, 6.45) is 17.8. The van der Waals surface area contributed by atoms with Gasteiger partial charge in [-0.3, -0.25) is 0 Å². The molecule has 0 bridgehead atoms. The van der Waals surface area contributed by atoms with Gasteiger partial charge in [-0.1, -0.05) is 84.0 Å². The highest BCUT2D eigenvalue weighted by Crippen LogP contribution is 2.12. The number of ether oxygens (including phenoxy) is 8. The van der Waals surface area contributed by atoms with Crippen molar-refractivity contribution < 1.29 is 42.7 Å². The Morgan fingerprint density at radius 2 is 0.667 bits per heavy atom. The van der Waals surface area contributed by atoms with Crippen molar-refractivity contribution in [3.63, 3.8) is 0 Å². The van der Waals surface area contributed by atoms with Gasteiger partial charge in [0.2, 0.25) is 0 Å². The maximum atomic E-state index is 10.8. The second-order valence-electron chi connectivity index (χ2n) is 9.55. The molecule has 0 amide bonds. The highest BCUT2D eigenvalue weighted by molar-refractivity contribution is 5.70. The Balaban J connectivity index is 3.03. The first-order chi connectivity index (χ1) is 19.3. The van der Waals surface area contributed by atoms with Crippen molar-refractivity contribution in [2.24, 2.45) is 0 Å². The van der Waals surface area contributed by atoms with E-state index in [1.807, 2.05) is 0 Å². The van der Waals surface area contributed by atoms with E-state index in [4.69, 9.17) is 33.2 Å². The molecule has 0 saturated heterocycles. The first kappa shape index (κ1) is 38.2. The third kappa shape index (κ3) is 35.2. The van der Waals surface area contributed by atoms with Gasteiger partial charge in [-0.05, 0) is 6.42 Å². The fourth-order valence-corrected chi connectivity index (χ4v) is 3.76. The van der Waals surface area contributed by atoms with E-state index in [2.05, 4.69) is 11.7 Å². The van der Waals surface area contributed by atoms with Gasteiger partial charge in [-0.25, -0.2) is 4.79 Å². The Labute approximate surface area is 238 Å². The summed E-state index contributed by atoms with van der Waals surface area (Å²) in [6, 6.07) is 0. The van der Waals surface area contributed by atoms with Crippen LogP contribution in [0.15, 0.2) is 0 Å². The van der Waals surface area contributed by atoms with Crippen LogP contribution in [0.4, 0.5) is 0 Å². The van der Waals surface area contributed by atoms with Crippen LogP contribution in [-0.4, -0.2) is 106 Å². The van der Waals surface area contributed by atoms with E-state index >= 15 is 0 Å². The van der Waals surface area contributed by atoms with E-state index in [9.17, 15) is 4.79 Å². The van der Waals surface area contributed by atoms with Crippen LogP contribution in [0, 0.1) is 0 Å². The number of hydrogen-bond acceptors (Lipinski definition) is 9. The van der Waals surface area contributed by atoms with E-state index in [1.165, 1.54) is 84.2 Å². The van der Waals surface area contributed by atoms with Gasteiger partial charge in [0.05, 0.1) is 86.4 Å². The van der Waals surface area contributed by atoms with Crippen LogP contribution in [0.2, 0.25) is 0 Å². The number of carbonyl (C=O) groups is 1. The molecule has 0 spiro atoms. The molecule has 9 heteroatoms. The number of carbonyl (C=O) groups excluding carboxylic acids is 1. The summed E-state index contributed by atoms with van der Waals surface area (Å²) in [5, 5.41) is 0. The Bertz CT molecular complexity index is 466. The van der Waals surface area contributed by atoms with Gasteiger partial charge < -0.3 is 37.9 Å². The summed E-state index contributed by atoms with van der Waals surface area (Å²) in [5.41, 5.74) is 0. The van der Waals surface area contributed by atoms with E-state index < -0.39 is 5.97 Å². The predicted octanol–water partition coefficient (Wildman–Crippen LogP) is 5.37. The normalized spacial score (nSPS) is 11.3. The van der Waals surface area contributed by atoms with Crippen molar-refractivity contribution in [1.29, 1.82) is 0 Å². The molecule has 39 heavy (non-hydrogen) atoms. The summed E-state index contributed by atoms with van der Waals surface area (Å²) >= 11 is 0. The maximum Gasteiger partial charge on any atom is 0.331 e. The number of rotatable bonds is 34. The lowest BCUT2D eigenvalue weighted by Crippen LogP contribution is -2.15. The molecule has 0 atom stereocenters. The average Bonchev–Trinajstić information content (AvgIpc) is 2.95. The molecule has 0 aromatic carbocycles. The second-order valence-corrected chi connectivity index (χ2v) is 9.55. The van der Waals surface area contributed by atoms with E-state index in [-0.39, 0.29) is 6.61 Å². The molecule has 0 aliphatic heterocycles. The number of unbranched alkanes of at least 4 members (excludes halogenated alkanes) is 12. The molecular formula is C30H60O9. The standard InChI is InChI=1S/C30H60O9/c1-3-4-5-6-7-8-9-10-11-12-13-14-15-16-33-17-18-34-19-20-35-21-22-36-23-24-37-25-26-38-27-28-39-29-30(31)32-2/h3-29H2,1-2H3. The SMILES string of the molecule is CCCCCCCCCCCCCCCOCCOCCOCCOCCOCCOCCOCC(=O)OC. The minimum Gasteiger partial charge on any atom is -0.467 e. The molecule has 0 N–H and O–H groups in total. The fraction of sp³-hybridized carbons (Fsp3) is 0.967. The van der Waals surface area contributed by atoms with Gasteiger partial charge >= 0.3 is 5.97 Å². The quantitative estimate of drug-likeness (QED) is 0.0756. The summed E-state index contributed by atoms with van der Waals surface area (Å²) < 4.78 is 42.4. The topological polar surface area (TPSA) is 90.9 Å². The van der Waals surface area contributed by atoms with Gasteiger partial charge in [-0.15, -0.1) is 0 Å². The Morgan fingerprint density at radius 1 is 0.385 bits per heavy atom. The average molecular weight is 565 g/mol. The van der Waals surface area contributed by atoms with Gasteiger partial charge in [-0.2, -0.15) is 0 Å². The van der Waals surface area contributed by atoms with Crippen molar-refractivity contribution in [2.75, 3.05) is 99.6 Å². The Kier molecular flexibility index (Phi) is 34.5. The Hall–Kier alpha value is -0.810. The summed E-state index contributed by atoms with van der Waals surface area (Å²) in [6.45, 7) is 9.22. The largest absolute Gasteiger partial charge is 0.467 e. The molecule has 0 aliphatic carbocycles. The molecule has 234 valence electrons. The van der Waals surface area contributed by atoms with Gasteiger partial charge in [0.1, 0.15) is 6.61 Å². The van der Waals surface area contributed by atoms with Crippen LogP contribution in [0.5, 0.6) is 0 Å². The van der Waals surface area contributed by atoms with Crippen LogP contribution in [0.1, 0.15) is 90.4 Å². The molecule has 0 radical (unpaired) electrons. The lowest BCUT2D eigenvalue weighted by atomic mass is 10.0. The Morgan fingerprint density at radius 3 is 1.00 bits per heavy atom. The van der Waals surface area contributed by atoms with Gasteiger partial charge in [0.25, 0.3) is 0 Å². The van der Waals surface area contributed by atoms with Crippen molar-refractivity contribution >= 4 is 5.97 Å². The summed E-state index contributed by atoms with van der Waals surface area (Å²) in [4.78, 5) is 10.8. The molecule has 0 fully saturated rings. The minimum atomic E-state index is -0.395.